The second kappa shape index (κ2) is 6.39. The van der Waals surface area contributed by atoms with E-state index in [9.17, 15) is 4.79 Å². The number of carbonyl (C=O) groups excluding carboxylic acids is 1. The third-order valence-electron chi connectivity index (χ3n) is 4.20. The summed E-state index contributed by atoms with van der Waals surface area (Å²) < 4.78 is 0. The number of ketones is 1. The SMILES string of the molecule is CCC(C)C(=O)CN(C)C1CCCCC1C. The third-order valence-corrected chi connectivity index (χ3v) is 4.20. The lowest BCUT2D eigenvalue weighted by Crippen LogP contribution is -2.42. The summed E-state index contributed by atoms with van der Waals surface area (Å²) in [5.74, 6) is 1.38. The summed E-state index contributed by atoms with van der Waals surface area (Å²) >= 11 is 0. The predicted octanol–water partition coefficient (Wildman–Crippen LogP) is 3.11. The van der Waals surface area contributed by atoms with E-state index in [0.717, 1.165) is 12.3 Å². The van der Waals surface area contributed by atoms with Crippen LogP contribution in [-0.2, 0) is 4.79 Å². The fraction of sp³-hybridized carbons (Fsp3) is 0.929. The van der Waals surface area contributed by atoms with Gasteiger partial charge in [0.1, 0.15) is 5.78 Å². The molecule has 0 amide bonds. The lowest BCUT2D eigenvalue weighted by molar-refractivity contribution is -0.124. The van der Waals surface area contributed by atoms with E-state index in [1.807, 2.05) is 6.92 Å². The Morgan fingerprint density at radius 3 is 2.56 bits per heavy atom. The van der Waals surface area contributed by atoms with Crippen LogP contribution >= 0.6 is 0 Å². The van der Waals surface area contributed by atoms with Gasteiger partial charge in [0.05, 0.1) is 6.54 Å². The van der Waals surface area contributed by atoms with Crippen LogP contribution in [0.15, 0.2) is 0 Å². The highest BCUT2D eigenvalue weighted by Gasteiger charge is 2.26. The number of likely N-dealkylation sites (N-methyl/N-ethyl adjacent to an activating group) is 1. The molecule has 0 aromatic rings. The van der Waals surface area contributed by atoms with Crippen LogP contribution < -0.4 is 0 Å². The molecule has 0 aromatic heterocycles. The molecule has 0 bridgehead atoms. The minimum absolute atomic E-state index is 0.223. The summed E-state index contributed by atoms with van der Waals surface area (Å²) in [4.78, 5) is 14.2. The van der Waals surface area contributed by atoms with E-state index >= 15 is 0 Å². The highest BCUT2D eigenvalue weighted by Crippen LogP contribution is 2.27. The molecule has 0 heterocycles. The summed E-state index contributed by atoms with van der Waals surface area (Å²) in [6, 6.07) is 0.627. The van der Waals surface area contributed by atoms with Gasteiger partial charge in [-0.25, -0.2) is 0 Å². The first kappa shape index (κ1) is 13.7. The van der Waals surface area contributed by atoms with Gasteiger partial charge in [0.2, 0.25) is 0 Å². The van der Waals surface area contributed by atoms with Gasteiger partial charge in [0, 0.05) is 12.0 Å². The van der Waals surface area contributed by atoms with Crippen LogP contribution in [0.4, 0.5) is 0 Å². The molecule has 1 rings (SSSR count). The van der Waals surface area contributed by atoms with Crippen LogP contribution in [0.1, 0.15) is 52.9 Å². The largest absolute Gasteiger partial charge is 0.298 e. The maximum Gasteiger partial charge on any atom is 0.149 e. The number of Topliss-reactive ketones (excluding diaryl/α,β-unsaturated/α-hetero) is 1. The fourth-order valence-electron chi connectivity index (χ4n) is 2.70. The van der Waals surface area contributed by atoms with Crippen LogP contribution in [0.5, 0.6) is 0 Å². The van der Waals surface area contributed by atoms with Gasteiger partial charge in [-0.3, -0.25) is 9.69 Å². The van der Waals surface area contributed by atoms with Gasteiger partial charge in [-0.05, 0) is 32.2 Å². The molecule has 0 saturated heterocycles. The van der Waals surface area contributed by atoms with Crippen molar-refractivity contribution < 1.29 is 4.79 Å². The second-order valence-corrected chi connectivity index (χ2v) is 5.52. The molecule has 1 aliphatic carbocycles. The van der Waals surface area contributed by atoms with Crippen LogP contribution in [-0.4, -0.2) is 30.3 Å². The lowest BCUT2D eigenvalue weighted by Gasteiger charge is -2.36. The molecule has 0 N–H and O–H groups in total. The molecule has 3 atom stereocenters. The summed E-state index contributed by atoms with van der Waals surface area (Å²) in [7, 11) is 2.12. The Bertz CT molecular complexity index is 227. The van der Waals surface area contributed by atoms with Crippen molar-refractivity contribution in [2.75, 3.05) is 13.6 Å². The normalized spacial score (nSPS) is 28.1. The summed E-state index contributed by atoms with van der Waals surface area (Å²) in [5.41, 5.74) is 0. The summed E-state index contributed by atoms with van der Waals surface area (Å²) in [6.45, 7) is 7.10. The zero-order valence-corrected chi connectivity index (χ0v) is 11.3. The third kappa shape index (κ3) is 3.58. The Labute approximate surface area is 100 Å². The fourth-order valence-corrected chi connectivity index (χ4v) is 2.70. The number of hydrogen-bond donors (Lipinski definition) is 0. The smallest absolute Gasteiger partial charge is 0.149 e. The van der Waals surface area contributed by atoms with Crippen molar-refractivity contribution in [1.82, 2.24) is 4.90 Å². The Morgan fingerprint density at radius 2 is 2.00 bits per heavy atom. The maximum absolute atomic E-state index is 11.9. The highest BCUT2D eigenvalue weighted by molar-refractivity contribution is 5.82. The number of rotatable bonds is 5. The molecular formula is C14H27NO. The van der Waals surface area contributed by atoms with E-state index in [0.29, 0.717) is 18.4 Å². The molecule has 94 valence electrons. The Hall–Kier alpha value is -0.370. The zero-order chi connectivity index (χ0) is 12.1. The first-order valence-electron chi connectivity index (χ1n) is 6.79. The molecule has 0 radical (unpaired) electrons. The molecule has 0 aromatic carbocycles. The molecule has 1 fully saturated rings. The first-order valence-corrected chi connectivity index (χ1v) is 6.79. The molecule has 2 nitrogen and oxygen atoms in total. The van der Waals surface area contributed by atoms with Gasteiger partial charge < -0.3 is 0 Å². The monoisotopic (exact) mass is 225 g/mol. The van der Waals surface area contributed by atoms with Crippen molar-refractivity contribution >= 4 is 5.78 Å². The second-order valence-electron chi connectivity index (χ2n) is 5.52. The minimum atomic E-state index is 0.223. The summed E-state index contributed by atoms with van der Waals surface area (Å²) in [5, 5.41) is 0. The molecular weight excluding hydrogens is 198 g/mol. The van der Waals surface area contributed by atoms with Crippen molar-refractivity contribution in [1.29, 1.82) is 0 Å². The van der Waals surface area contributed by atoms with Gasteiger partial charge in [0.15, 0.2) is 0 Å². The molecule has 1 aliphatic rings. The van der Waals surface area contributed by atoms with E-state index in [2.05, 4.69) is 25.8 Å². The van der Waals surface area contributed by atoms with Crippen molar-refractivity contribution in [2.45, 2.75) is 58.9 Å². The summed E-state index contributed by atoms with van der Waals surface area (Å²) in [6.07, 6.45) is 6.26. The minimum Gasteiger partial charge on any atom is -0.298 e. The maximum atomic E-state index is 11.9. The Morgan fingerprint density at radius 1 is 1.38 bits per heavy atom. The molecule has 16 heavy (non-hydrogen) atoms. The molecule has 2 heteroatoms. The van der Waals surface area contributed by atoms with Crippen molar-refractivity contribution in [3.63, 3.8) is 0 Å². The molecule has 0 spiro atoms. The van der Waals surface area contributed by atoms with Gasteiger partial charge in [-0.2, -0.15) is 0 Å². The van der Waals surface area contributed by atoms with Crippen LogP contribution in [0.2, 0.25) is 0 Å². The van der Waals surface area contributed by atoms with Crippen LogP contribution in [0.3, 0.4) is 0 Å². The van der Waals surface area contributed by atoms with Crippen molar-refractivity contribution in [3.05, 3.63) is 0 Å². The number of nitrogens with zero attached hydrogens (tertiary/aromatic N) is 1. The van der Waals surface area contributed by atoms with E-state index < -0.39 is 0 Å². The van der Waals surface area contributed by atoms with E-state index in [1.54, 1.807) is 0 Å². The molecule has 3 unspecified atom stereocenters. The van der Waals surface area contributed by atoms with Gasteiger partial charge in [0.25, 0.3) is 0 Å². The van der Waals surface area contributed by atoms with Crippen molar-refractivity contribution in [2.24, 2.45) is 11.8 Å². The number of hydrogen-bond acceptors (Lipinski definition) is 2. The van der Waals surface area contributed by atoms with Crippen LogP contribution in [0.25, 0.3) is 0 Å². The van der Waals surface area contributed by atoms with Gasteiger partial charge in [-0.1, -0.05) is 33.6 Å². The first-order chi connectivity index (χ1) is 7.56. The average molecular weight is 225 g/mol. The van der Waals surface area contributed by atoms with E-state index in [-0.39, 0.29) is 5.92 Å². The standard InChI is InChI=1S/C14H27NO/c1-5-11(2)14(16)10-15(4)13-9-7-6-8-12(13)3/h11-13H,5-10H2,1-4H3. The Kier molecular flexibility index (Phi) is 5.47. The predicted molar refractivity (Wildman–Crippen MR) is 68.5 cm³/mol. The van der Waals surface area contributed by atoms with E-state index in [1.165, 1.54) is 25.7 Å². The zero-order valence-electron chi connectivity index (χ0n) is 11.3. The van der Waals surface area contributed by atoms with Crippen LogP contribution in [0, 0.1) is 11.8 Å². The quantitative estimate of drug-likeness (QED) is 0.716. The van der Waals surface area contributed by atoms with Gasteiger partial charge >= 0.3 is 0 Å². The van der Waals surface area contributed by atoms with Crippen molar-refractivity contribution in [3.8, 4) is 0 Å². The average Bonchev–Trinajstić information content (AvgIpc) is 2.28. The lowest BCUT2D eigenvalue weighted by atomic mass is 9.85. The molecule has 1 saturated carbocycles. The van der Waals surface area contributed by atoms with Gasteiger partial charge in [-0.15, -0.1) is 0 Å². The number of carbonyl (C=O) groups is 1. The highest BCUT2D eigenvalue weighted by atomic mass is 16.1. The van der Waals surface area contributed by atoms with E-state index in [4.69, 9.17) is 0 Å². The Balaban J connectivity index is 2.44. The molecule has 0 aliphatic heterocycles. The topological polar surface area (TPSA) is 20.3 Å².